The molecule has 1 N–H and O–H groups in total. The fraction of sp³-hybridized carbons (Fsp3) is 0.727. The third kappa shape index (κ3) is 2.10. The zero-order valence-electron chi connectivity index (χ0n) is 9.66. The largest absolute Gasteiger partial charge is 0.387 e. The summed E-state index contributed by atoms with van der Waals surface area (Å²) in [6.07, 6.45) is 1.98. The van der Waals surface area contributed by atoms with Crippen LogP contribution in [-0.4, -0.2) is 33.7 Å². The minimum Gasteiger partial charge on any atom is -0.387 e. The molecule has 1 aromatic rings. The number of hydrogen-bond donors (Lipinski definition) is 1. The van der Waals surface area contributed by atoms with Crippen molar-refractivity contribution in [2.24, 2.45) is 7.05 Å². The summed E-state index contributed by atoms with van der Waals surface area (Å²) in [5, 5.41) is 15.3. The summed E-state index contributed by atoms with van der Waals surface area (Å²) in [6.45, 7) is 3.02. The molecule has 4 nitrogen and oxygen atoms in total. The molecule has 1 aliphatic rings. The number of halogens is 1. The van der Waals surface area contributed by atoms with Crippen LogP contribution in [0.4, 0.5) is 0 Å². The van der Waals surface area contributed by atoms with E-state index in [0.29, 0.717) is 31.1 Å². The van der Waals surface area contributed by atoms with Gasteiger partial charge in [0.05, 0.1) is 28.6 Å². The Bertz CT molecular complexity index is 384. The third-order valence-corrected chi connectivity index (χ3v) is 3.52. The molecule has 5 heteroatoms. The minimum atomic E-state index is -0.775. The standard InChI is InChI=1S/C11H17ClN2O2/c1-3-8-10(12)9(14(2)13-8)6-11(15)4-5-16-7-11/h15H,3-7H2,1-2H3. The van der Waals surface area contributed by atoms with Gasteiger partial charge in [0.15, 0.2) is 0 Å². The maximum Gasteiger partial charge on any atom is 0.0957 e. The van der Waals surface area contributed by atoms with Gasteiger partial charge in [0.25, 0.3) is 0 Å². The van der Waals surface area contributed by atoms with E-state index in [2.05, 4.69) is 5.10 Å². The van der Waals surface area contributed by atoms with Crippen molar-refractivity contribution in [3.05, 3.63) is 16.4 Å². The van der Waals surface area contributed by atoms with Crippen molar-refractivity contribution in [2.75, 3.05) is 13.2 Å². The Labute approximate surface area is 100 Å². The van der Waals surface area contributed by atoms with E-state index in [9.17, 15) is 5.11 Å². The van der Waals surface area contributed by atoms with Crippen LogP contribution < -0.4 is 0 Å². The lowest BCUT2D eigenvalue weighted by atomic mass is 9.97. The monoisotopic (exact) mass is 244 g/mol. The van der Waals surface area contributed by atoms with Crippen LogP contribution >= 0.6 is 11.6 Å². The van der Waals surface area contributed by atoms with E-state index in [4.69, 9.17) is 16.3 Å². The fourth-order valence-electron chi connectivity index (χ4n) is 2.06. The summed E-state index contributed by atoms with van der Waals surface area (Å²) in [4.78, 5) is 0. The van der Waals surface area contributed by atoms with Gasteiger partial charge in [-0.05, 0) is 6.42 Å². The summed E-state index contributed by atoms with van der Waals surface area (Å²) in [6, 6.07) is 0. The van der Waals surface area contributed by atoms with Crippen LogP contribution in [0.1, 0.15) is 24.7 Å². The molecule has 0 amide bonds. The molecule has 2 heterocycles. The Hall–Kier alpha value is -0.580. The van der Waals surface area contributed by atoms with Gasteiger partial charge in [-0.1, -0.05) is 18.5 Å². The number of hydrogen-bond acceptors (Lipinski definition) is 3. The van der Waals surface area contributed by atoms with Crippen molar-refractivity contribution in [2.45, 2.75) is 31.8 Å². The highest BCUT2D eigenvalue weighted by molar-refractivity contribution is 6.31. The summed E-state index contributed by atoms with van der Waals surface area (Å²) >= 11 is 6.23. The Balaban J connectivity index is 2.23. The molecule has 1 unspecified atom stereocenters. The van der Waals surface area contributed by atoms with Crippen LogP contribution in [0.2, 0.25) is 5.02 Å². The van der Waals surface area contributed by atoms with Crippen LogP contribution in [0.15, 0.2) is 0 Å². The molecule has 16 heavy (non-hydrogen) atoms. The van der Waals surface area contributed by atoms with Gasteiger partial charge < -0.3 is 9.84 Å². The average Bonchev–Trinajstić information content (AvgIpc) is 2.78. The molecule has 1 aliphatic heterocycles. The molecule has 0 radical (unpaired) electrons. The summed E-state index contributed by atoms with van der Waals surface area (Å²) in [5.74, 6) is 0. The molecule has 0 spiro atoms. The average molecular weight is 245 g/mol. The zero-order chi connectivity index (χ0) is 11.8. The van der Waals surface area contributed by atoms with E-state index in [1.165, 1.54) is 0 Å². The number of aryl methyl sites for hydroxylation is 2. The second kappa shape index (κ2) is 4.35. The van der Waals surface area contributed by atoms with Crippen molar-refractivity contribution in [3.63, 3.8) is 0 Å². The van der Waals surface area contributed by atoms with Gasteiger partial charge >= 0.3 is 0 Å². The van der Waals surface area contributed by atoms with Gasteiger partial charge in [0.2, 0.25) is 0 Å². The second-order valence-electron chi connectivity index (χ2n) is 4.39. The van der Waals surface area contributed by atoms with Crippen molar-refractivity contribution in [1.29, 1.82) is 0 Å². The Morgan fingerprint density at radius 2 is 2.38 bits per heavy atom. The van der Waals surface area contributed by atoms with Gasteiger partial charge in [-0.25, -0.2) is 0 Å². The van der Waals surface area contributed by atoms with Crippen molar-refractivity contribution < 1.29 is 9.84 Å². The van der Waals surface area contributed by atoms with Crippen LogP contribution in [0.5, 0.6) is 0 Å². The molecule has 1 saturated heterocycles. The highest BCUT2D eigenvalue weighted by atomic mass is 35.5. The number of nitrogens with zero attached hydrogens (tertiary/aromatic N) is 2. The van der Waals surface area contributed by atoms with Crippen LogP contribution in [0, 0.1) is 0 Å². The molecule has 1 fully saturated rings. The first-order valence-corrected chi connectivity index (χ1v) is 5.94. The number of aromatic nitrogens is 2. The van der Waals surface area contributed by atoms with Gasteiger partial charge in [-0.3, -0.25) is 4.68 Å². The normalized spacial score (nSPS) is 25.2. The fourth-order valence-corrected chi connectivity index (χ4v) is 2.42. The second-order valence-corrected chi connectivity index (χ2v) is 4.77. The molecule has 2 rings (SSSR count). The number of aliphatic hydroxyl groups is 1. The predicted octanol–water partition coefficient (Wildman–Crippen LogP) is 1.33. The lowest BCUT2D eigenvalue weighted by molar-refractivity contribution is 0.0255. The highest BCUT2D eigenvalue weighted by Crippen LogP contribution is 2.28. The number of ether oxygens (including phenoxy) is 1. The molecular weight excluding hydrogens is 228 g/mol. The first-order chi connectivity index (χ1) is 7.56. The highest BCUT2D eigenvalue weighted by Gasteiger charge is 2.34. The molecule has 1 atom stereocenters. The van der Waals surface area contributed by atoms with Crippen molar-refractivity contribution in [1.82, 2.24) is 9.78 Å². The van der Waals surface area contributed by atoms with E-state index in [1.54, 1.807) is 4.68 Å². The van der Waals surface area contributed by atoms with E-state index >= 15 is 0 Å². The maximum atomic E-state index is 10.3. The topological polar surface area (TPSA) is 47.3 Å². The third-order valence-electron chi connectivity index (χ3n) is 3.08. The van der Waals surface area contributed by atoms with Gasteiger partial charge in [0.1, 0.15) is 0 Å². The summed E-state index contributed by atoms with van der Waals surface area (Å²) in [5.41, 5.74) is 1.01. The lowest BCUT2D eigenvalue weighted by Gasteiger charge is -2.20. The first-order valence-electron chi connectivity index (χ1n) is 5.56. The molecule has 90 valence electrons. The summed E-state index contributed by atoms with van der Waals surface area (Å²) in [7, 11) is 1.86. The predicted molar refractivity (Wildman–Crippen MR) is 61.7 cm³/mol. The molecular formula is C11H17ClN2O2. The Kier molecular flexibility index (Phi) is 3.24. The minimum absolute atomic E-state index is 0.385. The van der Waals surface area contributed by atoms with E-state index < -0.39 is 5.60 Å². The quantitative estimate of drug-likeness (QED) is 0.873. The Morgan fingerprint density at radius 1 is 1.62 bits per heavy atom. The van der Waals surface area contributed by atoms with Crippen molar-refractivity contribution >= 4 is 11.6 Å². The number of rotatable bonds is 3. The summed E-state index contributed by atoms with van der Waals surface area (Å²) < 4.78 is 6.98. The van der Waals surface area contributed by atoms with Crippen LogP contribution in [0.3, 0.4) is 0 Å². The Morgan fingerprint density at radius 3 is 2.88 bits per heavy atom. The van der Waals surface area contributed by atoms with Gasteiger partial charge in [-0.15, -0.1) is 0 Å². The van der Waals surface area contributed by atoms with E-state index in [1.807, 2.05) is 14.0 Å². The van der Waals surface area contributed by atoms with Crippen LogP contribution in [-0.2, 0) is 24.6 Å². The molecule has 0 aliphatic carbocycles. The van der Waals surface area contributed by atoms with Gasteiger partial charge in [0, 0.05) is 26.5 Å². The van der Waals surface area contributed by atoms with Gasteiger partial charge in [-0.2, -0.15) is 5.10 Å². The van der Waals surface area contributed by atoms with E-state index in [0.717, 1.165) is 17.8 Å². The molecule has 1 aromatic heterocycles. The SMILES string of the molecule is CCc1nn(C)c(CC2(O)CCOC2)c1Cl. The van der Waals surface area contributed by atoms with Crippen LogP contribution in [0.25, 0.3) is 0 Å². The zero-order valence-corrected chi connectivity index (χ0v) is 10.4. The smallest absolute Gasteiger partial charge is 0.0957 e. The molecule has 0 aromatic carbocycles. The first kappa shape index (κ1) is 11.9. The van der Waals surface area contributed by atoms with Crippen molar-refractivity contribution in [3.8, 4) is 0 Å². The molecule has 0 bridgehead atoms. The van der Waals surface area contributed by atoms with E-state index in [-0.39, 0.29) is 0 Å². The lowest BCUT2D eigenvalue weighted by Crippen LogP contribution is -2.32. The maximum absolute atomic E-state index is 10.3. The molecule has 0 saturated carbocycles.